The van der Waals surface area contributed by atoms with Gasteiger partial charge >= 0.3 is 0 Å². The average molecular weight is 1100 g/mol. The fourth-order valence-corrected chi connectivity index (χ4v) is 11.2. The van der Waals surface area contributed by atoms with Gasteiger partial charge in [-0.1, -0.05) is 239 Å². The summed E-state index contributed by atoms with van der Waals surface area (Å²) in [7, 11) is 0. The number of benzene rings is 8. The van der Waals surface area contributed by atoms with Gasteiger partial charge in [-0.2, -0.15) is 0 Å². The standard InChI is InChI=1S/C77H87BN4O/c1-72(2,3)52-37-38-79-70(47-52)82-68-34-25-22-31-64(68)78(58-27-20-19-21-28-58)65-36-35-61(49-69(65)82)83-60-30-26-29-59(48-60)80-66-32-23-24-33-67(66)81-71-62(50-39-53(73(4,5)6)43-54(40-50)74(7,8)9)45-57(77(16,17)18)46-63(71)51-41-55(75(10,11)12)44-56(42-51)76(13,14)15/h19-49,80-81H,1-18H3. The molecule has 2 N–H and O–H groups in total. The molecule has 0 amide bonds. The number of ether oxygens (including phenoxy) is 1. The summed E-state index contributed by atoms with van der Waals surface area (Å²) in [5.41, 5.74) is 21.8. The molecule has 0 atom stereocenters. The molecule has 10 rings (SSSR count). The predicted octanol–water partition coefficient (Wildman–Crippen LogP) is 19.8. The van der Waals surface area contributed by atoms with Crippen molar-refractivity contribution in [3.8, 4) is 33.8 Å². The molecule has 0 radical (unpaired) electrons. The van der Waals surface area contributed by atoms with Crippen LogP contribution in [0.4, 0.5) is 39.9 Å². The molecule has 83 heavy (non-hydrogen) atoms. The third-order valence-electron chi connectivity index (χ3n) is 16.5. The van der Waals surface area contributed by atoms with Crippen LogP contribution in [0.5, 0.6) is 11.5 Å². The normalized spacial score (nSPS) is 13.1. The number of hydrogen-bond acceptors (Lipinski definition) is 5. The Hall–Kier alpha value is -7.83. The second kappa shape index (κ2) is 21.7. The molecule has 2 heterocycles. The molecule has 0 spiro atoms. The Labute approximate surface area is 498 Å². The fourth-order valence-electron chi connectivity index (χ4n) is 11.2. The summed E-state index contributed by atoms with van der Waals surface area (Å²) in [5, 5.41) is 8.03. The van der Waals surface area contributed by atoms with Gasteiger partial charge in [-0.05, 0) is 149 Å². The molecule has 424 valence electrons. The van der Waals surface area contributed by atoms with E-state index in [1.807, 2.05) is 12.3 Å². The van der Waals surface area contributed by atoms with E-state index >= 15 is 0 Å². The second-order valence-corrected chi connectivity index (χ2v) is 29.3. The maximum atomic E-state index is 6.94. The maximum Gasteiger partial charge on any atom is 0.246 e. The van der Waals surface area contributed by atoms with Crippen molar-refractivity contribution in [1.29, 1.82) is 0 Å². The highest BCUT2D eigenvalue weighted by Gasteiger charge is 2.37. The summed E-state index contributed by atoms with van der Waals surface area (Å²) in [5.74, 6) is 2.33. The average Bonchev–Trinajstić information content (AvgIpc) is 1.44. The number of nitrogens with one attached hydrogen (secondary N) is 2. The van der Waals surface area contributed by atoms with Crippen molar-refractivity contribution in [2.75, 3.05) is 15.5 Å². The van der Waals surface area contributed by atoms with Crippen LogP contribution in [0.3, 0.4) is 0 Å². The Morgan fingerprint density at radius 2 is 0.843 bits per heavy atom. The second-order valence-electron chi connectivity index (χ2n) is 29.3. The summed E-state index contributed by atoms with van der Waals surface area (Å²) in [4.78, 5) is 7.36. The van der Waals surface area contributed by atoms with Gasteiger partial charge in [0.1, 0.15) is 17.3 Å². The number of fused-ring (bicyclic) bond motifs is 2. The van der Waals surface area contributed by atoms with Crippen LogP contribution in [0.15, 0.2) is 188 Å². The SMILES string of the molecule is CC(C)(C)c1cc(-c2cc(C(C)(C)C)cc(-c3cc(C(C)(C)C)cc(C(C)(C)C)c3)c2Nc2ccccc2Nc2cccc(Oc3ccc4c(c3)N(c3cc(C(C)(C)C)ccn3)c3ccccc3B4c3ccccc3)c2)cc(C(C)(C)C)c1. The van der Waals surface area contributed by atoms with E-state index in [1.54, 1.807) is 0 Å². The Balaban J connectivity index is 1.08. The van der Waals surface area contributed by atoms with Gasteiger partial charge in [0.25, 0.3) is 0 Å². The first-order chi connectivity index (χ1) is 38.9. The lowest BCUT2D eigenvalue weighted by molar-refractivity contribution is 0.483. The highest BCUT2D eigenvalue weighted by molar-refractivity contribution is 6.98. The molecule has 8 aromatic carbocycles. The Bertz CT molecular complexity index is 3690. The van der Waals surface area contributed by atoms with E-state index < -0.39 is 0 Å². The monoisotopic (exact) mass is 1090 g/mol. The highest BCUT2D eigenvalue weighted by atomic mass is 16.5. The molecule has 1 aliphatic rings. The summed E-state index contributed by atoms with van der Waals surface area (Å²) in [6, 6.07) is 66.9. The molecule has 0 saturated carbocycles. The number of rotatable bonds is 10. The molecule has 5 nitrogen and oxygen atoms in total. The zero-order valence-corrected chi connectivity index (χ0v) is 52.8. The van der Waals surface area contributed by atoms with Crippen molar-refractivity contribution in [2.24, 2.45) is 0 Å². The van der Waals surface area contributed by atoms with Gasteiger partial charge in [0.2, 0.25) is 6.71 Å². The minimum absolute atomic E-state index is 0.0208. The lowest BCUT2D eigenvalue weighted by Crippen LogP contribution is -2.57. The Kier molecular flexibility index (Phi) is 15.3. The summed E-state index contributed by atoms with van der Waals surface area (Å²) < 4.78 is 6.94. The topological polar surface area (TPSA) is 49.4 Å². The van der Waals surface area contributed by atoms with E-state index in [-0.39, 0.29) is 39.2 Å². The van der Waals surface area contributed by atoms with Crippen LogP contribution >= 0.6 is 0 Å². The van der Waals surface area contributed by atoms with Gasteiger partial charge in [0, 0.05) is 46.5 Å². The van der Waals surface area contributed by atoms with Gasteiger partial charge in [0.15, 0.2) is 0 Å². The summed E-state index contributed by atoms with van der Waals surface area (Å²) in [6.45, 7) is 41.7. The quantitative estimate of drug-likeness (QED) is 0.134. The molecular weight excluding hydrogens is 1010 g/mol. The number of para-hydroxylation sites is 3. The lowest BCUT2D eigenvalue weighted by atomic mass is 9.35. The minimum atomic E-state index is -0.138. The van der Waals surface area contributed by atoms with E-state index in [9.17, 15) is 0 Å². The fraction of sp³-hybridized carbons (Fsp3) is 0.312. The first-order valence-corrected chi connectivity index (χ1v) is 29.9. The van der Waals surface area contributed by atoms with Crippen LogP contribution in [0.1, 0.15) is 158 Å². The van der Waals surface area contributed by atoms with Gasteiger partial charge in [0.05, 0.1) is 17.1 Å². The first kappa shape index (κ1) is 58.4. The van der Waals surface area contributed by atoms with Crippen LogP contribution in [0.2, 0.25) is 0 Å². The molecule has 6 heteroatoms. The molecule has 0 saturated heterocycles. The minimum Gasteiger partial charge on any atom is -0.457 e. The third kappa shape index (κ3) is 12.6. The molecule has 9 aromatic rings. The van der Waals surface area contributed by atoms with E-state index in [0.717, 1.165) is 51.4 Å². The largest absolute Gasteiger partial charge is 0.457 e. The number of anilines is 7. The molecular formula is C77H87BN4O. The van der Waals surface area contributed by atoms with Crippen LogP contribution in [-0.4, -0.2) is 11.7 Å². The maximum absolute atomic E-state index is 6.94. The predicted molar refractivity (Wildman–Crippen MR) is 359 cm³/mol. The van der Waals surface area contributed by atoms with Gasteiger partial charge < -0.3 is 15.4 Å². The van der Waals surface area contributed by atoms with Crippen LogP contribution in [-0.2, 0) is 32.5 Å². The molecule has 1 aliphatic heterocycles. The molecule has 1 aromatic heterocycles. The molecule has 0 aliphatic carbocycles. The van der Waals surface area contributed by atoms with Gasteiger partial charge in [-0.15, -0.1) is 0 Å². The van der Waals surface area contributed by atoms with Gasteiger partial charge in [-0.3, -0.25) is 4.90 Å². The van der Waals surface area contributed by atoms with Crippen molar-refractivity contribution < 1.29 is 4.74 Å². The van der Waals surface area contributed by atoms with Gasteiger partial charge in [-0.25, -0.2) is 4.98 Å². The van der Waals surface area contributed by atoms with Crippen molar-refractivity contribution in [1.82, 2.24) is 4.98 Å². The number of hydrogen-bond donors (Lipinski definition) is 2. The van der Waals surface area contributed by atoms with Crippen LogP contribution < -0.4 is 36.7 Å². The summed E-state index contributed by atoms with van der Waals surface area (Å²) >= 11 is 0. The van der Waals surface area contributed by atoms with E-state index in [2.05, 4.69) is 316 Å². The zero-order chi connectivity index (χ0) is 59.6. The van der Waals surface area contributed by atoms with Crippen molar-refractivity contribution in [3.63, 3.8) is 0 Å². The number of aromatic nitrogens is 1. The highest BCUT2D eigenvalue weighted by Crippen LogP contribution is 2.48. The van der Waals surface area contributed by atoms with E-state index in [1.165, 1.54) is 72.0 Å². The molecule has 0 unspecified atom stereocenters. The first-order valence-electron chi connectivity index (χ1n) is 29.9. The van der Waals surface area contributed by atoms with Crippen molar-refractivity contribution in [2.45, 2.75) is 157 Å². The Morgan fingerprint density at radius 1 is 0.373 bits per heavy atom. The summed E-state index contributed by atoms with van der Waals surface area (Å²) in [6.07, 6.45) is 1.94. The molecule has 0 bridgehead atoms. The number of nitrogens with zero attached hydrogens (tertiary/aromatic N) is 2. The van der Waals surface area contributed by atoms with Crippen LogP contribution in [0, 0.1) is 0 Å². The third-order valence-corrected chi connectivity index (χ3v) is 16.5. The smallest absolute Gasteiger partial charge is 0.246 e. The Morgan fingerprint density at radius 3 is 1.39 bits per heavy atom. The molecule has 0 fully saturated rings. The van der Waals surface area contributed by atoms with Crippen LogP contribution in [0.25, 0.3) is 22.3 Å². The zero-order valence-electron chi connectivity index (χ0n) is 52.8. The number of pyridine rings is 1. The van der Waals surface area contributed by atoms with Crippen molar-refractivity contribution >= 4 is 63.0 Å². The van der Waals surface area contributed by atoms with Crippen molar-refractivity contribution in [3.05, 3.63) is 222 Å². The van der Waals surface area contributed by atoms with E-state index in [0.29, 0.717) is 0 Å². The lowest BCUT2D eigenvalue weighted by Gasteiger charge is -2.37. The van der Waals surface area contributed by atoms with E-state index in [4.69, 9.17) is 9.72 Å².